The van der Waals surface area contributed by atoms with Crippen LogP contribution in [0.3, 0.4) is 0 Å². The molecule has 4 rings (SSSR count). The van der Waals surface area contributed by atoms with Crippen LogP contribution in [0.15, 0.2) is 36.7 Å². The van der Waals surface area contributed by atoms with Gasteiger partial charge in [-0.3, -0.25) is 14.4 Å². The van der Waals surface area contributed by atoms with Crippen molar-refractivity contribution in [3.63, 3.8) is 0 Å². The highest BCUT2D eigenvalue weighted by atomic mass is 16.5. The number of hydrogen-bond donors (Lipinski definition) is 2. The van der Waals surface area contributed by atoms with Crippen molar-refractivity contribution >= 4 is 12.4 Å². The number of aromatic nitrogens is 2. The molecular weight excluding hydrogens is 402 g/mol. The number of benzene rings is 1. The normalized spacial score (nSPS) is 25.1. The Morgan fingerprint density at radius 1 is 1.29 bits per heavy atom. The zero-order chi connectivity index (χ0) is 22.4. The Kier molecular flexibility index (Phi) is 7.64. The highest BCUT2D eigenvalue weighted by Crippen LogP contribution is 2.38. The van der Waals surface area contributed by atoms with Crippen molar-refractivity contribution in [2.75, 3.05) is 20.2 Å². The third-order valence-corrected chi connectivity index (χ3v) is 5.87. The van der Waals surface area contributed by atoms with Crippen LogP contribution in [0.2, 0.25) is 0 Å². The summed E-state index contributed by atoms with van der Waals surface area (Å²) in [5.41, 5.74) is 1.67. The molecule has 9 nitrogen and oxygen atoms in total. The van der Waals surface area contributed by atoms with Gasteiger partial charge in [0.25, 0.3) is 6.47 Å². The van der Waals surface area contributed by atoms with Crippen molar-refractivity contribution in [2.24, 2.45) is 18.9 Å². The van der Waals surface area contributed by atoms with Crippen LogP contribution in [0.5, 0.6) is 5.75 Å². The van der Waals surface area contributed by atoms with Crippen LogP contribution in [-0.2, 0) is 23.1 Å². The number of carbonyl (C=O) groups is 2. The molecule has 1 aliphatic heterocycles. The summed E-state index contributed by atoms with van der Waals surface area (Å²) in [7, 11) is 3.29. The fraction of sp³-hybridized carbons (Fsp3) is 0.500. The molecule has 1 aromatic heterocycles. The molecule has 2 aromatic rings. The number of rotatable bonds is 5. The number of aryl methyl sites for hydroxylation is 1. The zero-order valence-corrected chi connectivity index (χ0v) is 17.8. The SMILES string of the molecule is COC(=O)c1cccc(O[C@@H]2C[C@@H]3CN(Cc4cnn(C)c4)C[C@@H]3C[C@H]2O)c1.O=CO. The van der Waals surface area contributed by atoms with Gasteiger partial charge in [-0.2, -0.15) is 5.10 Å². The van der Waals surface area contributed by atoms with E-state index in [0.717, 1.165) is 32.5 Å². The highest BCUT2D eigenvalue weighted by Gasteiger charge is 2.42. The number of nitrogens with zero attached hydrogens (tertiary/aromatic N) is 3. The summed E-state index contributed by atoms with van der Waals surface area (Å²) in [5.74, 6) is 1.20. The van der Waals surface area contributed by atoms with Crippen molar-refractivity contribution in [2.45, 2.75) is 31.6 Å². The first kappa shape index (κ1) is 22.8. The van der Waals surface area contributed by atoms with Gasteiger partial charge in [0.2, 0.25) is 0 Å². The van der Waals surface area contributed by atoms with Gasteiger partial charge in [-0.15, -0.1) is 0 Å². The molecule has 1 aliphatic carbocycles. The van der Waals surface area contributed by atoms with Gasteiger partial charge in [-0.05, 0) is 42.9 Å². The second kappa shape index (κ2) is 10.4. The highest BCUT2D eigenvalue weighted by molar-refractivity contribution is 5.89. The van der Waals surface area contributed by atoms with Gasteiger partial charge in [0.15, 0.2) is 0 Å². The average molecular weight is 431 g/mol. The van der Waals surface area contributed by atoms with Crippen LogP contribution in [0.1, 0.15) is 28.8 Å². The molecule has 2 N–H and O–H groups in total. The molecule has 1 saturated heterocycles. The number of ether oxygens (including phenoxy) is 2. The van der Waals surface area contributed by atoms with Gasteiger partial charge in [0.1, 0.15) is 11.9 Å². The van der Waals surface area contributed by atoms with E-state index in [2.05, 4.69) is 16.2 Å². The Bertz CT molecular complexity index is 886. The minimum atomic E-state index is -0.499. The summed E-state index contributed by atoms with van der Waals surface area (Å²) in [6.45, 7) is 2.65. The van der Waals surface area contributed by atoms with Gasteiger partial charge >= 0.3 is 5.97 Å². The van der Waals surface area contributed by atoms with Crippen molar-refractivity contribution in [3.05, 3.63) is 47.8 Å². The number of hydrogen-bond acceptors (Lipinski definition) is 7. The Hall–Kier alpha value is -2.91. The molecule has 31 heavy (non-hydrogen) atoms. The van der Waals surface area contributed by atoms with Crippen molar-refractivity contribution in [1.29, 1.82) is 0 Å². The molecule has 0 unspecified atom stereocenters. The maximum absolute atomic E-state index is 11.7. The topological polar surface area (TPSA) is 114 Å². The molecule has 1 saturated carbocycles. The number of fused-ring (bicyclic) bond motifs is 1. The molecular formula is C22H29N3O6. The first-order valence-electron chi connectivity index (χ1n) is 10.2. The molecule has 1 aromatic carbocycles. The Morgan fingerprint density at radius 2 is 2.00 bits per heavy atom. The van der Waals surface area contributed by atoms with Crippen LogP contribution >= 0.6 is 0 Å². The molecule has 2 heterocycles. The van der Waals surface area contributed by atoms with E-state index >= 15 is 0 Å². The minimum Gasteiger partial charge on any atom is -0.488 e. The molecule has 0 spiro atoms. The predicted octanol–water partition coefficient (Wildman–Crippen LogP) is 1.56. The van der Waals surface area contributed by atoms with E-state index in [4.69, 9.17) is 19.4 Å². The lowest BCUT2D eigenvalue weighted by Crippen LogP contribution is -2.42. The molecule has 0 radical (unpaired) electrons. The summed E-state index contributed by atoms with van der Waals surface area (Å²) in [5, 5.41) is 21.8. The first-order chi connectivity index (χ1) is 14.9. The smallest absolute Gasteiger partial charge is 0.337 e. The molecule has 4 atom stereocenters. The van der Waals surface area contributed by atoms with Crippen LogP contribution < -0.4 is 4.74 Å². The Balaban J connectivity index is 0.000000858. The second-order valence-electron chi connectivity index (χ2n) is 8.06. The van der Waals surface area contributed by atoms with E-state index in [-0.39, 0.29) is 12.6 Å². The van der Waals surface area contributed by atoms with E-state index in [1.54, 1.807) is 18.2 Å². The second-order valence-corrected chi connectivity index (χ2v) is 8.06. The third kappa shape index (κ3) is 5.83. The summed E-state index contributed by atoms with van der Waals surface area (Å²) < 4.78 is 12.7. The number of methoxy groups -OCH3 is 1. The van der Waals surface area contributed by atoms with Crippen molar-refractivity contribution in [1.82, 2.24) is 14.7 Å². The number of esters is 1. The van der Waals surface area contributed by atoms with E-state index in [1.807, 2.05) is 24.0 Å². The van der Waals surface area contributed by atoms with Crippen LogP contribution in [0, 0.1) is 11.8 Å². The van der Waals surface area contributed by atoms with Crippen LogP contribution in [0.25, 0.3) is 0 Å². The molecule has 0 amide bonds. The standard InChI is InChI=1S/C21H27N3O4.CH2O2/c1-23-10-14(9-22-23)11-24-12-16-7-19(25)20(8-17(16)13-24)28-18-5-3-4-15(6-18)21(26)27-2;2-1-3/h3-6,9-10,16-17,19-20,25H,7-8,11-13H2,1-2H3;1H,(H,2,3)/t16-,17+,19+,20+;/m0./s1. The predicted molar refractivity (Wildman–Crippen MR) is 112 cm³/mol. The maximum Gasteiger partial charge on any atom is 0.337 e. The Morgan fingerprint density at radius 3 is 2.65 bits per heavy atom. The number of likely N-dealkylation sites (tertiary alicyclic amines) is 1. The summed E-state index contributed by atoms with van der Waals surface area (Å²) in [6.07, 6.45) is 4.77. The van der Waals surface area contributed by atoms with E-state index in [1.165, 1.54) is 12.7 Å². The van der Waals surface area contributed by atoms with Crippen molar-refractivity contribution in [3.8, 4) is 5.75 Å². The number of carboxylic acid groups (broad SMARTS) is 1. The zero-order valence-electron chi connectivity index (χ0n) is 17.8. The molecule has 2 fully saturated rings. The van der Waals surface area contributed by atoms with Gasteiger partial charge in [0, 0.05) is 38.4 Å². The fourth-order valence-electron chi connectivity index (χ4n) is 4.54. The largest absolute Gasteiger partial charge is 0.488 e. The lowest BCUT2D eigenvalue weighted by molar-refractivity contribution is -0.122. The van der Waals surface area contributed by atoms with Crippen molar-refractivity contribution < 1.29 is 29.3 Å². The monoisotopic (exact) mass is 431 g/mol. The van der Waals surface area contributed by atoms with Gasteiger partial charge < -0.3 is 19.7 Å². The van der Waals surface area contributed by atoms with E-state index in [9.17, 15) is 9.90 Å². The minimum absolute atomic E-state index is 0.250. The summed E-state index contributed by atoms with van der Waals surface area (Å²) in [6, 6.07) is 6.95. The quantitative estimate of drug-likeness (QED) is 0.542. The lowest BCUT2D eigenvalue weighted by Gasteiger charge is -2.35. The van der Waals surface area contributed by atoms with Gasteiger partial charge in [-0.25, -0.2) is 4.79 Å². The molecule has 9 heteroatoms. The molecule has 168 valence electrons. The molecule has 2 aliphatic rings. The van der Waals surface area contributed by atoms with Crippen LogP contribution in [0.4, 0.5) is 0 Å². The molecule has 0 bridgehead atoms. The number of aliphatic hydroxyl groups is 1. The van der Waals surface area contributed by atoms with Gasteiger partial charge in [0.05, 0.1) is 25.0 Å². The van der Waals surface area contributed by atoms with E-state index < -0.39 is 12.1 Å². The number of aliphatic hydroxyl groups excluding tert-OH is 1. The fourth-order valence-corrected chi connectivity index (χ4v) is 4.54. The first-order valence-corrected chi connectivity index (χ1v) is 10.2. The maximum atomic E-state index is 11.7. The summed E-state index contributed by atoms with van der Waals surface area (Å²) in [4.78, 5) is 22.5. The number of carbonyl (C=O) groups excluding carboxylic acids is 1. The van der Waals surface area contributed by atoms with Gasteiger partial charge in [-0.1, -0.05) is 6.07 Å². The summed E-state index contributed by atoms with van der Waals surface area (Å²) >= 11 is 0. The van der Waals surface area contributed by atoms with Crippen LogP contribution in [-0.4, -0.2) is 69.7 Å². The average Bonchev–Trinajstić information content (AvgIpc) is 3.33. The Labute approximate surface area is 181 Å². The lowest BCUT2D eigenvalue weighted by atomic mass is 9.78. The van der Waals surface area contributed by atoms with E-state index in [0.29, 0.717) is 23.1 Å². The third-order valence-electron chi connectivity index (χ3n) is 5.87.